The van der Waals surface area contributed by atoms with E-state index in [9.17, 15) is 9.18 Å². The Hall–Kier alpha value is -2.76. The predicted octanol–water partition coefficient (Wildman–Crippen LogP) is 3.33. The van der Waals surface area contributed by atoms with E-state index >= 15 is 0 Å². The predicted molar refractivity (Wildman–Crippen MR) is 92.7 cm³/mol. The number of benzene rings is 1. The van der Waals surface area contributed by atoms with Gasteiger partial charge in [0.2, 0.25) is 0 Å². The minimum atomic E-state index is -0.295. The first-order valence-electron chi connectivity index (χ1n) is 8.42. The molecule has 2 aromatic heterocycles. The van der Waals surface area contributed by atoms with Crippen molar-refractivity contribution in [3.8, 4) is 0 Å². The van der Waals surface area contributed by atoms with E-state index in [1.165, 1.54) is 12.1 Å². The summed E-state index contributed by atoms with van der Waals surface area (Å²) in [5.41, 5.74) is 2.50. The Morgan fingerprint density at radius 2 is 2.08 bits per heavy atom. The van der Waals surface area contributed by atoms with Crippen molar-refractivity contribution >= 4 is 17.1 Å². The minimum Gasteiger partial charge on any atom is -0.343 e. The van der Waals surface area contributed by atoms with E-state index in [4.69, 9.17) is 0 Å². The Balaban J connectivity index is 1.61. The molecule has 4 rings (SSSR count). The van der Waals surface area contributed by atoms with Crippen LogP contribution in [0.2, 0.25) is 0 Å². The number of aromatic amines is 1. The second-order valence-corrected chi connectivity index (χ2v) is 6.83. The molecule has 1 aliphatic rings. The summed E-state index contributed by atoms with van der Waals surface area (Å²) in [4.78, 5) is 26.4. The summed E-state index contributed by atoms with van der Waals surface area (Å²) >= 11 is 0. The number of aromatic nitrogens is 3. The van der Waals surface area contributed by atoms with Crippen LogP contribution in [0.4, 0.5) is 4.39 Å². The van der Waals surface area contributed by atoms with Crippen molar-refractivity contribution in [3.05, 3.63) is 59.8 Å². The molecule has 1 fully saturated rings. The summed E-state index contributed by atoms with van der Waals surface area (Å²) in [7, 11) is 0. The maximum atomic E-state index is 13.1. The zero-order valence-electron chi connectivity index (χ0n) is 14.0. The number of pyridine rings is 1. The van der Waals surface area contributed by atoms with Crippen LogP contribution in [-0.4, -0.2) is 37.8 Å². The number of likely N-dealkylation sites (tertiary alicyclic amines) is 1. The van der Waals surface area contributed by atoms with Gasteiger partial charge in [0, 0.05) is 12.1 Å². The van der Waals surface area contributed by atoms with E-state index in [0.717, 1.165) is 23.9 Å². The lowest BCUT2D eigenvalue weighted by molar-refractivity contribution is 0.0618. The highest BCUT2D eigenvalue weighted by Gasteiger charge is 2.40. The monoisotopic (exact) mass is 338 g/mol. The molecule has 3 aromatic rings. The maximum absolute atomic E-state index is 13.1. The lowest BCUT2D eigenvalue weighted by atomic mass is 9.90. The third-order valence-electron chi connectivity index (χ3n) is 4.99. The van der Waals surface area contributed by atoms with Gasteiger partial charge in [-0.05, 0) is 56.0 Å². The molecular formula is C19H19FN4O. The molecule has 1 N–H and O–H groups in total. The lowest BCUT2D eigenvalue weighted by Crippen LogP contribution is -2.46. The number of nitrogens with one attached hydrogen (secondary N) is 1. The first kappa shape index (κ1) is 15.7. The Morgan fingerprint density at radius 3 is 2.88 bits per heavy atom. The fourth-order valence-electron chi connectivity index (χ4n) is 3.68. The van der Waals surface area contributed by atoms with Gasteiger partial charge in [-0.1, -0.05) is 12.1 Å². The third-order valence-corrected chi connectivity index (χ3v) is 4.99. The molecule has 0 radical (unpaired) electrons. The molecule has 1 amide bonds. The van der Waals surface area contributed by atoms with E-state index in [2.05, 4.69) is 21.9 Å². The SMILES string of the molecule is C[C@]1(Cc2ccc(F)cc2)CCCN1C(=O)c1ccc2[nH]cnc2n1. The smallest absolute Gasteiger partial charge is 0.273 e. The summed E-state index contributed by atoms with van der Waals surface area (Å²) in [6, 6.07) is 10.1. The number of carbonyl (C=O) groups is 1. The van der Waals surface area contributed by atoms with Crippen LogP contribution in [0.5, 0.6) is 0 Å². The van der Waals surface area contributed by atoms with Gasteiger partial charge in [0.15, 0.2) is 5.65 Å². The number of hydrogen-bond donors (Lipinski definition) is 1. The first-order valence-corrected chi connectivity index (χ1v) is 8.42. The Kier molecular flexibility index (Phi) is 3.75. The van der Waals surface area contributed by atoms with E-state index in [0.29, 0.717) is 24.3 Å². The average molecular weight is 338 g/mol. The van der Waals surface area contributed by atoms with Crippen LogP contribution < -0.4 is 0 Å². The number of H-pyrrole nitrogens is 1. The van der Waals surface area contributed by atoms with Crippen LogP contribution in [0, 0.1) is 5.82 Å². The largest absolute Gasteiger partial charge is 0.343 e. The number of halogens is 1. The van der Waals surface area contributed by atoms with Crippen LogP contribution in [0.1, 0.15) is 35.8 Å². The average Bonchev–Trinajstić information content (AvgIpc) is 3.22. The summed E-state index contributed by atoms with van der Waals surface area (Å²) in [6.45, 7) is 2.80. The number of nitrogens with zero attached hydrogens (tertiary/aromatic N) is 3. The summed E-state index contributed by atoms with van der Waals surface area (Å²) < 4.78 is 13.1. The molecule has 0 bridgehead atoms. The van der Waals surface area contributed by atoms with Gasteiger partial charge in [0.05, 0.1) is 11.8 Å². The highest BCUT2D eigenvalue weighted by atomic mass is 19.1. The van der Waals surface area contributed by atoms with Crippen LogP contribution in [0.3, 0.4) is 0 Å². The van der Waals surface area contributed by atoms with Crippen molar-refractivity contribution < 1.29 is 9.18 Å². The normalized spacial score (nSPS) is 20.3. The van der Waals surface area contributed by atoms with Crippen molar-refractivity contribution in [3.63, 3.8) is 0 Å². The number of imidazole rings is 1. The van der Waals surface area contributed by atoms with Gasteiger partial charge in [0.25, 0.3) is 5.91 Å². The zero-order valence-corrected chi connectivity index (χ0v) is 14.0. The third kappa shape index (κ3) is 2.88. The van der Waals surface area contributed by atoms with Crippen LogP contribution in [-0.2, 0) is 6.42 Å². The van der Waals surface area contributed by atoms with E-state index in [-0.39, 0.29) is 17.3 Å². The van der Waals surface area contributed by atoms with E-state index in [1.54, 1.807) is 24.5 Å². The molecule has 1 aliphatic heterocycles. The summed E-state index contributed by atoms with van der Waals surface area (Å²) in [5.74, 6) is -0.322. The summed E-state index contributed by atoms with van der Waals surface area (Å²) in [6.07, 6.45) is 4.14. The number of amides is 1. The minimum absolute atomic E-state index is 0.0768. The van der Waals surface area contributed by atoms with Crippen LogP contribution >= 0.6 is 0 Å². The zero-order chi connectivity index (χ0) is 17.4. The maximum Gasteiger partial charge on any atom is 0.273 e. The van der Waals surface area contributed by atoms with Gasteiger partial charge in [-0.3, -0.25) is 4.79 Å². The second kappa shape index (κ2) is 5.95. The molecule has 5 nitrogen and oxygen atoms in total. The van der Waals surface area contributed by atoms with Crippen LogP contribution in [0.15, 0.2) is 42.7 Å². The molecule has 6 heteroatoms. The fraction of sp³-hybridized carbons (Fsp3) is 0.316. The van der Waals surface area contributed by atoms with Gasteiger partial charge in [-0.2, -0.15) is 0 Å². The number of carbonyl (C=O) groups excluding carboxylic acids is 1. The second-order valence-electron chi connectivity index (χ2n) is 6.83. The fourth-order valence-corrected chi connectivity index (χ4v) is 3.68. The molecule has 1 saturated heterocycles. The lowest BCUT2D eigenvalue weighted by Gasteiger charge is -2.35. The molecule has 1 atom stereocenters. The van der Waals surface area contributed by atoms with Crippen molar-refractivity contribution in [2.45, 2.75) is 31.7 Å². The van der Waals surface area contributed by atoms with Gasteiger partial charge >= 0.3 is 0 Å². The Bertz CT molecular complexity index is 921. The van der Waals surface area contributed by atoms with Crippen molar-refractivity contribution in [1.82, 2.24) is 19.9 Å². The highest BCUT2D eigenvalue weighted by Crippen LogP contribution is 2.33. The van der Waals surface area contributed by atoms with Gasteiger partial charge in [0.1, 0.15) is 11.5 Å². The number of rotatable bonds is 3. The van der Waals surface area contributed by atoms with Gasteiger partial charge < -0.3 is 9.88 Å². The summed E-state index contributed by atoms with van der Waals surface area (Å²) in [5, 5.41) is 0. The van der Waals surface area contributed by atoms with Gasteiger partial charge in [-0.25, -0.2) is 14.4 Å². The van der Waals surface area contributed by atoms with E-state index in [1.807, 2.05) is 11.0 Å². The molecule has 128 valence electrons. The molecular weight excluding hydrogens is 319 g/mol. The van der Waals surface area contributed by atoms with E-state index < -0.39 is 0 Å². The standard InChI is InChI=1S/C19H19FN4O/c1-19(11-13-3-5-14(20)6-4-13)9-2-10-24(19)18(25)16-8-7-15-17(23-16)22-12-21-15/h3-8,12H,2,9-11H2,1H3,(H,21,22,23)/t19-/m1/s1. The van der Waals surface area contributed by atoms with Gasteiger partial charge in [-0.15, -0.1) is 0 Å². The molecule has 25 heavy (non-hydrogen) atoms. The Morgan fingerprint density at radius 1 is 1.28 bits per heavy atom. The quantitative estimate of drug-likeness (QED) is 0.797. The highest BCUT2D eigenvalue weighted by molar-refractivity contribution is 5.94. The topological polar surface area (TPSA) is 61.9 Å². The van der Waals surface area contributed by atoms with Crippen molar-refractivity contribution in [2.75, 3.05) is 6.54 Å². The molecule has 1 aromatic carbocycles. The molecule has 0 aliphatic carbocycles. The molecule has 0 unspecified atom stereocenters. The van der Waals surface area contributed by atoms with Crippen molar-refractivity contribution in [2.24, 2.45) is 0 Å². The molecule has 0 saturated carbocycles. The first-order chi connectivity index (χ1) is 12.0. The molecule has 3 heterocycles. The number of fused-ring (bicyclic) bond motifs is 1. The number of hydrogen-bond acceptors (Lipinski definition) is 3. The Labute approximate surface area is 144 Å². The van der Waals surface area contributed by atoms with Crippen LogP contribution in [0.25, 0.3) is 11.2 Å². The molecule has 0 spiro atoms. The van der Waals surface area contributed by atoms with Crippen molar-refractivity contribution in [1.29, 1.82) is 0 Å².